The van der Waals surface area contributed by atoms with Crippen LogP contribution in [0.4, 0.5) is 9.18 Å². The standard InChI is InChI=1S/C29H37FN2O4/c1-4-5-15-34-23-8-6-7-22(30)26(23)20-9-10-21-24(16-20)35-18-29(2,3)27(21)31-28(33)36-25-17-32-13-11-19(25)12-14-32/h6-10,16,19,25,27H,4-5,11-15,17-18H2,1-3H3,(H,31,33)/t25-,27?/m1/s1. The van der Waals surface area contributed by atoms with Crippen LogP contribution in [-0.2, 0) is 4.74 Å². The van der Waals surface area contributed by atoms with Crippen LogP contribution in [0.5, 0.6) is 11.5 Å². The molecule has 2 aromatic carbocycles. The van der Waals surface area contributed by atoms with Crippen molar-refractivity contribution in [2.24, 2.45) is 11.3 Å². The van der Waals surface area contributed by atoms with Crippen LogP contribution in [0.1, 0.15) is 58.1 Å². The number of hydrogen-bond donors (Lipinski definition) is 1. The molecule has 4 heterocycles. The first kappa shape index (κ1) is 24.9. The first-order valence-corrected chi connectivity index (χ1v) is 13.2. The van der Waals surface area contributed by atoms with Crippen LogP contribution in [-0.4, -0.2) is 49.9 Å². The van der Waals surface area contributed by atoms with Crippen molar-refractivity contribution in [2.45, 2.75) is 58.6 Å². The lowest BCUT2D eigenvalue weighted by Crippen LogP contribution is -2.53. The molecule has 3 fully saturated rings. The molecule has 1 N–H and O–H groups in total. The number of benzene rings is 2. The van der Waals surface area contributed by atoms with E-state index in [1.165, 1.54) is 6.07 Å². The van der Waals surface area contributed by atoms with Gasteiger partial charge in [-0.15, -0.1) is 0 Å². The minimum Gasteiger partial charge on any atom is -0.493 e. The van der Waals surface area contributed by atoms with Gasteiger partial charge in [0.1, 0.15) is 23.4 Å². The highest BCUT2D eigenvalue weighted by Crippen LogP contribution is 2.45. The zero-order valence-corrected chi connectivity index (χ0v) is 21.5. The lowest BCUT2D eigenvalue weighted by molar-refractivity contribution is -0.0361. The molecule has 7 heteroatoms. The van der Waals surface area contributed by atoms with Gasteiger partial charge in [0.25, 0.3) is 0 Å². The van der Waals surface area contributed by atoms with Crippen LogP contribution >= 0.6 is 0 Å². The smallest absolute Gasteiger partial charge is 0.407 e. The van der Waals surface area contributed by atoms with Gasteiger partial charge in [-0.1, -0.05) is 45.4 Å². The molecule has 0 saturated carbocycles. The van der Waals surface area contributed by atoms with E-state index >= 15 is 0 Å². The number of halogens is 1. The van der Waals surface area contributed by atoms with Crippen molar-refractivity contribution in [2.75, 3.05) is 32.8 Å². The highest BCUT2D eigenvalue weighted by molar-refractivity contribution is 5.74. The fourth-order valence-electron chi connectivity index (χ4n) is 5.66. The van der Waals surface area contributed by atoms with Crippen molar-refractivity contribution >= 4 is 6.09 Å². The molecule has 4 aliphatic heterocycles. The molecule has 0 aliphatic carbocycles. The summed E-state index contributed by atoms with van der Waals surface area (Å²) in [6.45, 7) is 10.2. The number of hydrogen-bond acceptors (Lipinski definition) is 5. The Morgan fingerprint density at radius 2 is 2.03 bits per heavy atom. The summed E-state index contributed by atoms with van der Waals surface area (Å²) >= 11 is 0. The normalized spacial score (nSPS) is 26.0. The van der Waals surface area contributed by atoms with Crippen molar-refractivity contribution < 1.29 is 23.4 Å². The number of alkyl carbamates (subject to hydrolysis) is 1. The molecule has 6 nitrogen and oxygen atoms in total. The molecule has 0 aromatic heterocycles. The minimum absolute atomic E-state index is 0.0514. The fraction of sp³-hybridized carbons (Fsp3) is 0.552. The highest BCUT2D eigenvalue weighted by atomic mass is 19.1. The van der Waals surface area contributed by atoms with Crippen LogP contribution in [0.15, 0.2) is 36.4 Å². The molecule has 2 aromatic rings. The Kier molecular flexibility index (Phi) is 7.11. The molecule has 6 rings (SSSR count). The van der Waals surface area contributed by atoms with Gasteiger partial charge >= 0.3 is 6.09 Å². The molecule has 4 aliphatic rings. The summed E-state index contributed by atoms with van der Waals surface area (Å²) < 4.78 is 32.9. The second kappa shape index (κ2) is 10.3. The van der Waals surface area contributed by atoms with Gasteiger partial charge in [-0.3, -0.25) is 4.90 Å². The van der Waals surface area contributed by atoms with E-state index in [0.717, 1.165) is 50.9 Å². The maximum atomic E-state index is 14.9. The lowest BCUT2D eigenvalue weighted by Gasteiger charge is -2.44. The Hall–Kier alpha value is -2.80. The van der Waals surface area contributed by atoms with E-state index < -0.39 is 0 Å². The van der Waals surface area contributed by atoms with Gasteiger partial charge < -0.3 is 19.5 Å². The summed E-state index contributed by atoms with van der Waals surface area (Å²) in [5.74, 6) is 1.28. The molecule has 0 radical (unpaired) electrons. The number of unbranched alkanes of at least 4 members (excludes halogenated alkanes) is 1. The molecule has 3 saturated heterocycles. The third-order valence-electron chi connectivity index (χ3n) is 7.84. The number of nitrogens with zero attached hydrogens (tertiary/aromatic N) is 1. The van der Waals surface area contributed by atoms with Gasteiger partial charge in [0.15, 0.2) is 0 Å². The Bertz CT molecular complexity index is 1100. The summed E-state index contributed by atoms with van der Waals surface area (Å²) in [4.78, 5) is 15.4. The van der Waals surface area contributed by atoms with Gasteiger partial charge in [0, 0.05) is 17.5 Å². The lowest BCUT2D eigenvalue weighted by atomic mass is 9.78. The van der Waals surface area contributed by atoms with E-state index in [9.17, 15) is 9.18 Å². The second-order valence-corrected chi connectivity index (χ2v) is 11.0. The largest absolute Gasteiger partial charge is 0.493 e. The first-order valence-electron chi connectivity index (χ1n) is 13.2. The SMILES string of the molecule is CCCCOc1cccc(F)c1-c1ccc2c(c1)OCC(C)(C)C2NC(=O)O[C@@H]1CN2CCC1CC2. The summed E-state index contributed by atoms with van der Waals surface area (Å²) in [6.07, 6.45) is 3.65. The van der Waals surface area contributed by atoms with E-state index in [0.29, 0.717) is 41.8 Å². The molecule has 1 amide bonds. The Morgan fingerprint density at radius 3 is 2.75 bits per heavy atom. The number of rotatable bonds is 7. The van der Waals surface area contributed by atoms with Crippen molar-refractivity contribution in [3.05, 3.63) is 47.8 Å². The average molecular weight is 497 g/mol. The zero-order chi connectivity index (χ0) is 25.3. The van der Waals surface area contributed by atoms with Crippen molar-refractivity contribution in [1.29, 1.82) is 0 Å². The van der Waals surface area contributed by atoms with Crippen LogP contribution in [0.2, 0.25) is 0 Å². The monoisotopic (exact) mass is 496 g/mol. The molecule has 2 atom stereocenters. The number of piperidine rings is 3. The molecular weight excluding hydrogens is 459 g/mol. The fourth-order valence-corrected chi connectivity index (χ4v) is 5.66. The Labute approximate surface area is 213 Å². The van der Waals surface area contributed by atoms with Gasteiger partial charge in [-0.2, -0.15) is 0 Å². The van der Waals surface area contributed by atoms with E-state index in [1.807, 2.05) is 18.2 Å². The minimum atomic E-state index is -0.385. The number of nitrogens with one attached hydrogen (secondary N) is 1. The summed E-state index contributed by atoms with van der Waals surface area (Å²) in [5.41, 5.74) is 1.64. The van der Waals surface area contributed by atoms with E-state index in [2.05, 4.69) is 31.0 Å². The average Bonchev–Trinajstić information content (AvgIpc) is 2.87. The molecule has 194 valence electrons. The van der Waals surface area contributed by atoms with E-state index in [1.54, 1.807) is 12.1 Å². The predicted octanol–water partition coefficient (Wildman–Crippen LogP) is 5.95. The van der Waals surface area contributed by atoms with E-state index in [-0.39, 0.29) is 29.5 Å². The summed E-state index contributed by atoms with van der Waals surface area (Å²) in [6, 6.07) is 10.3. The van der Waals surface area contributed by atoms with Gasteiger partial charge in [-0.25, -0.2) is 9.18 Å². The molecule has 36 heavy (non-hydrogen) atoms. The Morgan fingerprint density at radius 1 is 1.22 bits per heavy atom. The number of amides is 1. The van der Waals surface area contributed by atoms with Crippen molar-refractivity contribution in [3.8, 4) is 22.6 Å². The topological polar surface area (TPSA) is 60.0 Å². The van der Waals surface area contributed by atoms with Crippen LogP contribution in [0.3, 0.4) is 0 Å². The van der Waals surface area contributed by atoms with Gasteiger partial charge in [0.05, 0.1) is 24.8 Å². The maximum Gasteiger partial charge on any atom is 0.407 e. The number of carbonyl (C=O) groups excluding carboxylic acids is 1. The summed E-state index contributed by atoms with van der Waals surface area (Å²) in [5, 5.41) is 3.13. The van der Waals surface area contributed by atoms with Crippen molar-refractivity contribution in [1.82, 2.24) is 10.2 Å². The third-order valence-corrected chi connectivity index (χ3v) is 7.84. The third kappa shape index (κ3) is 5.03. The van der Waals surface area contributed by atoms with Crippen LogP contribution in [0, 0.1) is 17.2 Å². The van der Waals surface area contributed by atoms with Crippen molar-refractivity contribution in [3.63, 3.8) is 0 Å². The van der Waals surface area contributed by atoms with E-state index in [4.69, 9.17) is 14.2 Å². The highest BCUT2D eigenvalue weighted by Gasteiger charge is 2.41. The first-order chi connectivity index (χ1) is 17.4. The maximum absolute atomic E-state index is 14.9. The molecule has 1 unspecified atom stereocenters. The van der Waals surface area contributed by atoms with Crippen LogP contribution < -0.4 is 14.8 Å². The predicted molar refractivity (Wildman–Crippen MR) is 137 cm³/mol. The van der Waals surface area contributed by atoms with Gasteiger partial charge in [-0.05, 0) is 62.0 Å². The van der Waals surface area contributed by atoms with Crippen LogP contribution in [0.25, 0.3) is 11.1 Å². The second-order valence-electron chi connectivity index (χ2n) is 11.0. The quantitative estimate of drug-likeness (QED) is 0.480. The molecular formula is C29H37FN2O4. The Balaban J connectivity index is 1.37. The number of carbonyl (C=O) groups is 1. The number of fused-ring (bicyclic) bond motifs is 4. The molecule has 0 spiro atoms. The molecule has 2 bridgehead atoms. The summed E-state index contributed by atoms with van der Waals surface area (Å²) in [7, 11) is 0. The zero-order valence-electron chi connectivity index (χ0n) is 21.5. The van der Waals surface area contributed by atoms with Gasteiger partial charge in [0.2, 0.25) is 0 Å². The number of ether oxygens (including phenoxy) is 3.